The number of hydrogen-bond donors (Lipinski definition) is 1. The van der Waals surface area contributed by atoms with Crippen molar-refractivity contribution in [2.24, 2.45) is 0 Å². The second kappa shape index (κ2) is 8.12. The van der Waals surface area contributed by atoms with Crippen LogP contribution in [0.25, 0.3) is 5.65 Å². The van der Waals surface area contributed by atoms with Gasteiger partial charge in [0.25, 0.3) is 5.91 Å². The first-order valence-corrected chi connectivity index (χ1v) is 9.53. The summed E-state index contributed by atoms with van der Waals surface area (Å²) in [5.74, 6) is 2.63. The highest BCUT2D eigenvalue weighted by Crippen LogP contribution is 2.26. The van der Waals surface area contributed by atoms with Crippen molar-refractivity contribution >= 4 is 11.6 Å². The van der Waals surface area contributed by atoms with E-state index in [0.717, 1.165) is 55.7 Å². The van der Waals surface area contributed by atoms with Crippen molar-refractivity contribution in [2.75, 3.05) is 33.4 Å². The van der Waals surface area contributed by atoms with Crippen LogP contribution in [-0.4, -0.2) is 58.8 Å². The fraction of sp³-hybridized carbons (Fsp3) is 0.450. The lowest BCUT2D eigenvalue weighted by Gasteiger charge is -2.14. The Hall–Kier alpha value is -2.71. The van der Waals surface area contributed by atoms with Gasteiger partial charge in [-0.05, 0) is 44.2 Å². The van der Waals surface area contributed by atoms with E-state index in [2.05, 4.69) is 20.4 Å². The number of hydrogen-bond acceptors (Lipinski definition) is 6. The van der Waals surface area contributed by atoms with Crippen LogP contribution in [0.5, 0.6) is 0 Å². The number of rotatable bonds is 7. The summed E-state index contributed by atoms with van der Waals surface area (Å²) < 4.78 is 12.6. The van der Waals surface area contributed by atoms with Crippen LogP contribution in [0, 0.1) is 6.92 Å². The first-order valence-electron chi connectivity index (χ1n) is 9.53. The van der Waals surface area contributed by atoms with Crippen LogP contribution < -0.4 is 5.32 Å². The lowest BCUT2D eigenvalue weighted by Crippen LogP contribution is -2.25. The van der Waals surface area contributed by atoms with Gasteiger partial charge in [-0.3, -0.25) is 9.20 Å². The lowest BCUT2D eigenvalue weighted by atomic mass is 10.1. The quantitative estimate of drug-likeness (QED) is 0.672. The van der Waals surface area contributed by atoms with Crippen molar-refractivity contribution in [3.63, 3.8) is 0 Å². The number of aromatic nitrogens is 3. The molecule has 0 spiro atoms. The van der Waals surface area contributed by atoms with Crippen LogP contribution in [0.2, 0.25) is 0 Å². The molecule has 3 aromatic heterocycles. The Morgan fingerprint density at radius 1 is 1.32 bits per heavy atom. The number of ether oxygens (including phenoxy) is 1. The average molecular weight is 383 g/mol. The molecule has 1 atom stereocenters. The Bertz CT molecular complexity index is 964. The largest absolute Gasteiger partial charge is 0.465 e. The molecule has 8 heteroatoms. The molecule has 4 heterocycles. The summed E-state index contributed by atoms with van der Waals surface area (Å²) in [5.41, 5.74) is 1.33. The number of aryl methyl sites for hydroxylation is 1. The summed E-state index contributed by atoms with van der Waals surface area (Å²) in [6.45, 7) is 5.84. The van der Waals surface area contributed by atoms with Crippen LogP contribution in [0.3, 0.4) is 0 Å². The Morgan fingerprint density at radius 3 is 3.00 bits per heavy atom. The molecule has 0 radical (unpaired) electrons. The zero-order valence-electron chi connectivity index (χ0n) is 16.2. The molecule has 1 aliphatic rings. The van der Waals surface area contributed by atoms with E-state index in [1.165, 1.54) is 0 Å². The van der Waals surface area contributed by atoms with E-state index in [-0.39, 0.29) is 5.91 Å². The summed E-state index contributed by atoms with van der Waals surface area (Å²) in [4.78, 5) is 14.9. The Labute approximate surface area is 163 Å². The minimum Gasteiger partial charge on any atom is -0.465 e. The number of likely N-dealkylation sites (tertiary alicyclic amines) is 1. The minimum absolute atomic E-state index is 0.149. The SMILES string of the molecule is COCCN1CCC(c2nnc3ccc(C(=O)NCc4ccc(C)o4)cn23)C1. The maximum absolute atomic E-state index is 12.6. The van der Waals surface area contributed by atoms with Crippen LogP contribution in [0.4, 0.5) is 0 Å². The second-order valence-electron chi connectivity index (χ2n) is 7.18. The molecule has 1 amide bonds. The average Bonchev–Trinajstić information content (AvgIpc) is 3.43. The molecule has 0 aromatic carbocycles. The molecule has 3 aromatic rings. The van der Waals surface area contributed by atoms with E-state index in [1.54, 1.807) is 13.2 Å². The van der Waals surface area contributed by atoms with Crippen LogP contribution >= 0.6 is 0 Å². The summed E-state index contributed by atoms with van der Waals surface area (Å²) >= 11 is 0. The van der Waals surface area contributed by atoms with E-state index in [0.29, 0.717) is 18.0 Å². The molecule has 1 unspecified atom stereocenters. The van der Waals surface area contributed by atoms with Gasteiger partial charge in [-0.2, -0.15) is 0 Å². The van der Waals surface area contributed by atoms with Crippen LogP contribution in [0.15, 0.2) is 34.9 Å². The molecule has 0 aliphatic carbocycles. The maximum atomic E-state index is 12.6. The molecule has 1 N–H and O–H groups in total. The van der Waals surface area contributed by atoms with Gasteiger partial charge in [-0.15, -0.1) is 10.2 Å². The molecule has 0 bridgehead atoms. The van der Waals surface area contributed by atoms with Gasteiger partial charge in [0.15, 0.2) is 5.65 Å². The van der Waals surface area contributed by atoms with E-state index in [9.17, 15) is 4.79 Å². The Balaban J connectivity index is 1.47. The number of nitrogens with zero attached hydrogens (tertiary/aromatic N) is 4. The van der Waals surface area contributed by atoms with Gasteiger partial charge in [0.05, 0.1) is 18.7 Å². The highest BCUT2D eigenvalue weighted by molar-refractivity contribution is 5.94. The third kappa shape index (κ3) is 3.93. The van der Waals surface area contributed by atoms with Gasteiger partial charge in [-0.1, -0.05) is 0 Å². The predicted molar refractivity (Wildman–Crippen MR) is 103 cm³/mol. The molecule has 28 heavy (non-hydrogen) atoms. The molecular formula is C20H25N5O3. The van der Waals surface area contributed by atoms with E-state index < -0.39 is 0 Å². The van der Waals surface area contributed by atoms with Gasteiger partial charge in [-0.25, -0.2) is 0 Å². The molecule has 8 nitrogen and oxygen atoms in total. The monoisotopic (exact) mass is 383 g/mol. The van der Waals surface area contributed by atoms with E-state index >= 15 is 0 Å². The zero-order valence-corrected chi connectivity index (χ0v) is 16.2. The maximum Gasteiger partial charge on any atom is 0.253 e. The summed E-state index contributed by atoms with van der Waals surface area (Å²) in [7, 11) is 1.72. The summed E-state index contributed by atoms with van der Waals surface area (Å²) in [6.07, 6.45) is 2.85. The fourth-order valence-electron chi connectivity index (χ4n) is 3.64. The number of nitrogens with one attached hydrogen (secondary N) is 1. The number of carbonyl (C=O) groups is 1. The molecule has 1 aliphatic heterocycles. The van der Waals surface area contributed by atoms with Gasteiger partial charge < -0.3 is 19.4 Å². The highest BCUT2D eigenvalue weighted by atomic mass is 16.5. The Kier molecular flexibility index (Phi) is 5.40. The van der Waals surface area contributed by atoms with Crippen molar-refractivity contribution < 1.29 is 13.9 Å². The third-order valence-electron chi connectivity index (χ3n) is 5.16. The van der Waals surface area contributed by atoms with E-state index in [4.69, 9.17) is 9.15 Å². The molecule has 0 saturated carbocycles. The first kappa shape index (κ1) is 18.6. The van der Waals surface area contributed by atoms with Crippen molar-refractivity contribution in [3.8, 4) is 0 Å². The van der Waals surface area contributed by atoms with Gasteiger partial charge in [0, 0.05) is 32.3 Å². The van der Waals surface area contributed by atoms with Crippen molar-refractivity contribution in [2.45, 2.75) is 25.8 Å². The van der Waals surface area contributed by atoms with Crippen LogP contribution in [-0.2, 0) is 11.3 Å². The van der Waals surface area contributed by atoms with Crippen molar-refractivity contribution in [3.05, 3.63) is 53.4 Å². The molecule has 4 rings (SSSR count). The zero-order chi connectivity index (χ0) is 19.5. The number of pyridine rings is 1. The van der Waals surface area contributed by atoms with Crippen molar-refractivity contribution in [1.29, 1.82) is 0 Å². The molecule has 1 saturated heterocycles. The van der Waals surface area contributed by atoms with Gasteiger partial charge in [0.2, 0.25) is 0 Å². The standard InChI is InChI=1S/C20H25N5O3/c1-14-3-5-17(28-14)11-21-20(26)16-4-6-18-22-23-19(25(18)13-16)15-7-8-24(12-15)9-10-27-2/h3-6,13,15H,7-12H2,1-2H3,(H,21,26). The summed E-state index contributed by atoms with van der Waals surface area (Å²) in [6, 6.07) is 7.36. The number of methoxy groups -OCH3 is 1. The number of furan rings is 1. The second-order valence-corrected chi connectivity index (χ2v) is 7.18. The molecule has 1 fully saturated rings. The topological polar surface area (TPSA) is 84.9 Å². The van der Waals surface area contributed by atoms with E-state index in [1.807, 2.05) is 35.7 Å². The molecular weight excluding hydrogens is 358 g/mol. The van der Waals surface area contributed by atoms with Crippen LogP contribution in [0.1, 0.15) is 40.0 Å². The third-order valence-corrected chi connectivity index (χ3v) is 5.16. The normalized spacial score (nSPS) is 17.4. The Morgan fingerprint density at radius 2 is 2.21 bits per heavy atom. The van der Waals surface area contributed by atoms with Crippen molar-refractivity contribution in [1.82, 2.24) is 24.8 Å². The molecule has 148 valence electrons. The number of amides is 1. The first-order chi connectivity index (χ1) is 13.6. The summed E-state index contributed by atoms with van der Waals surface area (Å²) in [5, 5.41) is 11.6. The number of fused-ring (bicyclic) bond motifs is 1. The smallest absolute Gasteiger partial charge is 0.253 e. The predicted octanol–water partition coefficient (Wildman–Crippen LogP) is 2.00. The van der Waals surface area contributed by atoms with Gasteiger partial charge in [0.1, 0.15) is 17.3 Å². The minimum atomic E-state index is -0.149. The highest BCUT2D eigenvalue weighted by Gasteiger charge is 2.27. The number of carbonyl (C=O) groups excluding carboxylic acids is 1. The lowest BCUT2D eigenvalue weighted by molar-refractivity contribution is 0.0947. The van der Waals surface area contributed by atoms with Gasteiger partial charge >= 0.3 is 0 Å². The fourth-order valence-corrected chi connectivity index (χ4v) is 3.64.